The van der Waals surface area contributed by atoms with E-state index in [0.29, 0.717) is 44.4 Å². The van der Waals surface area contributed by atoms with E-state index < -0.39 is 21.7 Å². The summed E-state index contributed by atoms with van der Waals surface area (Å²) in [6.45, 7) is 0. The van der Waals surface area contributed by atoms with Crippen molar-refractivity contribution in [3.63, 3.8) is 0 Å². The number of aromatic amines is 1. The monoisotopic (exact) mass is 587 g/mol. The molecule has 3 aromatic carbocycles. The number of nitrogens with one attached hydrogen (secondary N) is 2. The average Bonchev–Trinajstić information content (AvgIpc) is 3.58. The minimum atomic E-state index is -3.73. The number of carbonyl (C=O) groups excluding carboxylic acids is 1. The molecule has 0 aliphatic rings. The lowest BCUT2D eigenvalue weighted by Gasteiger charge is -2.20. The number of fused-ring (bicyclic) bond motifs is 2. The Kier molecular flexibility index (Phi) is 6.49. The van der Waals surface area contributed by atoms with Crippen molar-refractivity contribution in [2.45, 2.75) is 0 Å². The highest BCUT2D eigenvalue weighted by Gasteiger charge is 2.26. The van der Waals surface area contributed by atoms with E-state index in [9.17, 15) is 22.0 Å². The second-order valence-electron chi connectivity index (χ2n) is 9.70. The van der Waals surface area contributed by atoms with Crippen molar-refractivity contribution in [1.82, 2.24) is 20.5 Å². The van der Waals surface area contributed by atoms with Crippen molar-refractivity contribution in [1.29, 1.82) is 0 Å². The molecule has 42 heavy (non-hydrogen) atoms. The zero-order chi connectivity index (χ0) is 29.8. The van der Waals surface area contributed by atoms with Gasteiger partial charge in [-0.15, -0.1) is 5.10 Å². The highest BCUT2D eigenvalue weighted by molar-refractivity contribution is 7.92. The van der Waals surface area contributed by atoms with Crippen LogP contribution < -0.4 is 9.62 Å². The van der Waals surface area contributed by atoms with E-state index in [2.05, 4.69) is 20.5 Å². The summed E-state index contributed by atoms with van der Waals surface area (Å²) in [5.74, 6) is -1.09. The second-order valence-corrected chi connectivity index (χ2v) is 11.7. The number of halogens is 2. The van der Waals surface area contributed by atoms with Crippen LogP contribution in [0.2, 0.25) is 0 Å². The fourth-order valence-corrected chi connectivity index (χ4v) is 5.37. The second kappa shape index (κ2) is 10.1. The van der Waals surface area contributed by atoms with Gasteiger partial charge >= 0.3 is 0 Å². The van der Waals surface area contributed by atoms with Crippen LogP contribution in [0.15, 0.2) is 77.3 Å². The molecule has 212 valence electrons. The Balaban J connectivity index is 1.60. The first-order valence-electron chi connectivity index (χ1n) is 12.7. The molecule has 0 aliphatic carbocycles. The molecule has 0 atom stereocenters. The van der Waals surface area contributed by atoms with Crippen LogP contribution in [-0.4, -0.2) is 49.9 Å². The fourth-order valence-electron chi connectivity index (χ4n) is 4.86. The van der Waals surface area contributed by atoms with Crippen LogP contribution in [0.5, 0.6) is 0 Å². The molecule has 0 fully saturated rings. The summed E-state index contributed by atoms with van der Waals surface area (Å²) in [6, 6.07) is 16.7. The van der Waals surface area contributed by atoms with Gasteiger partial charge in [0.2, 0.25) is 10.0 Å². The summed E-state index contributed by atoms with van der Waals surface area (Å²) >= 11 is 0. The number of furan rings is 1. The molecule has 6 rings (SSSR count). The van der Waals surface area contributed by atoms with E-state index in [1.54, 1.807) is 30.3 Å². The van der Waals surface area contributed by atoms with Crippen LogP contribution in [0.3, 0.4) is 0 Å². The quantitative estimate of drug-likeness (QED) is 0.256. The van der Waals surface area contributed by atoms with Gasteiger partial charge in [0.25, 0.3) is 5.91 Å². The summed E-state index contributed by atoms with van der Waals surface area (Å²) in [5.41, 5.74) is 3.55. The van der Waals surface area contributed by atoms with E-state index >= 15 is 0 Å². The zero-order valence-corrected chi connectivity index (χ0v) is 23.4. The number of amides is 1. The van der Waals surface area contributed by atoms with Crippen LogP contribution in [0.1, 0.15) is 10.4 Å². The van der Waals surface area contributed by atoms with E-state index in [1.165, 1.54) is 56.7 Å². The minimum absolute atomic E-state index is 0.197. The lowest BCUT2D eigenvalue weighted by Crippen LogP contribution is -2.25. The summed E-state index contributed by atoms with van der Waals surface area (Å²) in [4.78, 5) is 16.3. The molecule has 3 heterocycles. The molecule has 0 bridgehead atoms. The Morgan fingerprint density at radius 3 is 2.45 bits per heavy atom. The molecule has 0 spiro atoms. The number of carbonyl (C=O) groups is 1. The molecule has 2 N–H and O–H groups in total. The number of hydrogen-bond acceptors (Lipinski definition) is 6. The molecular formula is C30H23F2N5O4S. The third kappa shape index (κ3) is 4.65. The molecule has 0 saturated carbocycles. The molecule has 12 heteroatoms. The molecule has 9 nitrogen and oxygen atoms in total. The van der Waals surface area contributed by atoms with Crippen LogP contribution in [0.4, 0.5) is 14.5 Å². The lowest BCUT2D eigenvalue weighted by molar-refractivity contribution is 0.0964. The first-order valence-corrected chi connectivity index (χ1v) is 14.5. The summed E-state index contributed by atoms with van der Waals surface area (Å²) in [6.07, 6.45) is 2.53. The van der Waals surface area contributed by atoms with Crippen molar-refractivity contribution < 1.29 is 26.4 Å². The number of rotatable bonds is 6. The maximum Gasteiger partial charge on any atom is 0.255 e. The summed E-state index contributed by atoms with van der Waals surface area (Å²) in [7, 11) is -0.855. The van der Waals surface area contributed by atoms with Crippen LogP contribution in [-0.2, 0) is 10.0 Å². The van der Waals surface area contributed by atoms with Crippen LogP contribution in [0.25, 0.3) is 55.7 Å². The Morgan fingerprint density at radius 1 is 1.00 bits per heavy atom. The number of hydrogen-bond donors (Lipinski definition) is 2. The van der Waals surface area contributed by atoms with E-state index in [1.807, 2.05) is 0 Å². The van der Waals surface area contributed by atoms with Gasteiger partial charge in [-0.1, -0.05) is 6.07 Å². The van der Waals surface area contributed by atoms with Crippen LogP contribution in [0, 0.1) is 11.6 Å². The topological polar surface area (TPSA) is 121 Å². The third-order valence-electron chi connectivity index (χ3n) is 7.06. The van der Waals surface area contributed by atoms with Gasteiger partial charge in [0, 0.05) is 53.1 Å². The molecule has 0 aliphatic heterocycles. The lowest BCUT2D eigenvalue weighted by atomic mass is 9.99. The Labute approximate surface area is 238 Å². The third-order valence-corrected chi connectivity index (χ3v) is 8.25. The van der Waals surface area contributed by atoms with Crippen molar-refractivity contribution in [3.8, 4) is 33.8 Å². The summed E-state index contributed by atoms with van der Waals surface area (Å²) < 4.78 is 60.6. The number of nitrogens with zero attached hydrogens (tertiary/aromatic N) is 3. The van der Waals surface area contributed by atoms with Gasteiger partial charge in [0.15, 0.2) is 0 Å². The Hall–Kier alpha value is -5.10. The van der Waals surface area contributed by atoms with Crippen molar-refractivity contribution in [2.24, 2.45) is 0 Å². The number of benzene rings is 3. The maximum atomic E-state index is 14.4. The van der Waals surface area contributed by atoms with Gasteiger partial charge in [0.05, 0.1) is 29.4 Å². The molecule has 0 saturated heterocycles. The molecular weight excluding hydrogens is 564 g/mol. The molecule has 0 radical (unpaired) electrons. The van der Waals surface area contributed by atoms with Gasteiger partial charge in [-0.3, -0.25) is 9.10 Å². The Bertz CT molecular complexity index is 2120. The average molecular weight is 588 g/mol. The largest absolute Gasteiger partial charge is 0.455 e. The van der Waals surface area contributed by atoms with Crippen molar-refractivity contribution in [3.05, 3.63) is 90.1 Å². The SMILES string of the molecule is CNC(=O)c1c(-c2ccc(F)cc2)oc2cc(N(C)S(C)(=O)=O)c(-c3cnnc(-c4cc5c(F)cccc5[nH]4)c3)cc12. The highest BCUT2D eigenvalue weighted by atomic mass is 32.2. The highest BCUT2D eigenvalue weighted by Crippen LogP contribution is 2.41. The molecule has 6 aromatic rings. The summed E-state index contributed by atoms with van der Waals surface area (Å²) in [5, 5.41) is 11.8. The fraction of sp³-hybridized carbons (Fsp3) is 0.100. The number of anilines is 1. The first kappa shape index (κ1) is 27.1. The number of H-pyrrole nitrogens is 1. The van der Waals surface area contributed by atoms with Crippen LogP contribution >= 0.6 is 0 Å². The predicted molar refractivity (Wildman–Crippen MR) is 157 cm³/mol. The van der Waals surface area contributed by atoms with Gasteiger partial charge in [-0.25, -0.2) is 17.2 Å². The molecule has 3 aromatic heterocycles. The van der Waals surface area contributed by atoms with Gasteiger partial charge in [-0.05, 0) is 54.6 Å². The van der Waals surface area contributed by atoms with E-state index in [0.717, 1.165) is 10.6 Å². The standard InChI is InChI=1S/C30H23F2N5O4S/c1-33-30(38)28-21-12-19(17-11-25(36-34-15-17)24-13-20-22(32)5-4-6-23(20)35-24)26(37(2)42(3,39)40)14-27(21)41-29(28)16-7-9-18(31)10-8-16/h4-15,35H,1-3H3,(H,33,38). The van der Waals surface area contributed by atoms with Gasteiger partial charge < -0.3 is 14.7 Å². The predicted octanol–water partition coefficient (Wildman–Crippen LogP) is 5.74. The van der Waals surface area contributed by atoms with Crippen molar-refractivity contribution in [2.75, 3.05) is 24.7 Å². The van der Waals surface area contributed by atoms with Gasteiger partial charge in [0.1, 0.15) is 28.7 Å². The number of sulfonamides is 1. The van der Waals surface area contributed by atoms with Gasteiger partial charge in [-0.2, -0.15) is 5.10 Å². The Morgan fingerprint density at radius 2 is 1.76 bits per heavy atom. The zero-order valence-electron chi connectivity index (χ0n) is 22.6. The van der Waals surface area contributed by atoms with E-state index in [-0.39, 0.29) is 28.4 Å². The molecule has 1 amide bonds. The maximum absolute atomic E-state index is 14.4. The molecule has 0 unspecified atom stereocenters. The minimum Gasteiger partial charge on any atom is -0.455 e. The first-order chi connectivity index (χ1) is 20.0. The smallest absolute Gasteiger partial charge is 0.255 e. The van der Waals surface area contributed by atoms with Crippen molar-refractivity contribution >= 4 is 43.5 Å². The normalized spacial score (nSPS) is 11.7. The number of aromatic nitrogens is 3. The van der Waals surface area contributed by atoms with E-state index in [4.69, 9.17) is 4.42 Å².